The number of carbonyl (C=O) groups excluding carboxylic acids is 1. The number of nitrogens with zero attached hydrogens (tertiary/aromatic N) is 4. The van der Waals surface area contributed by atoms with E-state index < -0.39 is 0 Å². The number of amides is 1. The molecule has 170 valence electrons. The maximum atomic E-state index is 13.3. The minimum Gasteiger partial charge on any atom is -0.328 e. The zero-order valence-corrected chi connectivity index (χ0v) is 19.8. The first-order valence-electron chi connectivity index (χ1n) is 11.4. The fraction of sp³-hybridized carbons (Fsp3) is 0.231. The Morgan fingerprint density at radius 1 is 1.09 bits per heavy atom. The van der Waals surface area contributed by atoms with Crippen LogP contribution in [0.15, 0.2) is 53.3 Å². The molecule has 4 heterocycles. The minimum absolute atomic E-state index is 0.0436. The molecule has 0 saturated heterocycles. The molecule has 0 saturated carbocycles. The molecule has 1 amide bonds. The average Bonchev–Trinajstić information content (AvgIpc) is 3.36. The first-order chi connectivity index (χ1) is 16.5. The third-order valence-electron chi connectivity index (χ3n) is 6.51. The number of aryl methyl sites for hydroxylation is 3. The second kappa shape index (κ2) is 7.92. The molecule has 2 aromatic carbocycles. The molecule has 6 rings (SSSR count). The van der Waals surface area contributed by atoms with E-state index in [2.05, 4.69) is 23.3 Å². The number of fused-ring (bicyclic) bond motifs is 6. The summed E-state index contributed by atoms with van der Waals surface area (Å²) in [4.78, 5) is 37.0. The predicted molar refractivity (Wildman–Crippen MR) is 135 cm³/mol. The van der Waals surface area contributed by atoms with E-state index in [0.717, 1.165) is 39.2 Å². The second-order valence-electron chi connectivity index (χ2n) is 8.51. The Morgan fingerprint density at radius 2 is 1.85 bits per heavy atom. The van der Waals surface area contributed by atoms with E-state index in [-0.39, 0.29) is 18.0 Å². The molecule has 0 bridgehead atoms. The van der Waals surface area contributed by atoms with Crippen LogP contribution >= 0.6 is 11.3 Å². The summed E-state index contributed by atoms with van der Waals surface area (Å²) in [6.07, 6.45) is 1.54. The molecule has 1 aliphatic rings. The van der Waals surface area contributed by atoms with Gasteiger partial charge in [-0.2, -0.15) is 0 Å². The lowest BCUT2D eigenvalue weighted by atomic mass is 10.0. The lowest BCUT2D eigenvalue weighted by Gasteiger charge is -2.21. The lowest BCUT2D eigenvalue weighted by molar-refractivity contribution is -0.116. The monoisotopic (exact) mass is 469 g/mol. The van der Waals surface area contributed by atoms with Gasteiger partial charge >= 0.3 is 0 Å². The first kappa shape index (κ1) is 20.8. The summed E-state index contributed by atoms with van der Waals surface area (Å²) in [5, 5.41) is 5.29. The van der Waals surface area contributed by atoms with E-state index in [9.17, 15) is 9.59 Å². The zero-order chi connectivity index (χ0) is 23.4. The number of nitrogens with one attached hydrogen (secondary N) is 1. The molecular weight excluding hydrogens is 446 g/mol. The molecule has 0 radical (unpaired) electrons. The third kappa shape index (κ3) is 3.17. The van der Waals surface area contributed by atoms with Gasteiger partial charge in [0.2, 0.25) is 5.91 Å². The Kier molecular flexibility index (Phi) is 4.84. The summed E-state index contributed by atoms with van der Waals surface area (Å²) in [6, 6.07) is 15.5. The molecule has 0 fully saturated rings. The van der Waals surface area contributed by atoms with Crippen molar-refractivity contribution in [3.63, 3.8) is 0 Å². The van der Waals surface area contributed by atoms with E-state index in [1.807, 2.05) is 54.0 Å². The number of para-hydroxylation sites is 2. The molecule has 3 aromatic heterocycles. The summed E-state index contributed by atoms with van der Waals surface area (Å²) in [5.74, 6) is 0.465. The average molecular weight is 470 g/mol. The molecule has 0 spiro atoms. The number of thiazole rings is 1. The zero-order valence-electron chi connectivity index (χ0n) is 19.0. The van der Waals surface area contributed by atoms with Crippen LogP contribution in [0, 0.1) is 6.92 Å². The molecule has 34 heavy (non-hydrogen) atoms. The van der Waals surface area contributed by atoms with Crippen molar-refractivity contribution in [1.29, 1.82) is 0 Å². The van der Waals surface area contributed by atoms with Crippen molar-refractivity contribution in [2.24, 2.45) is 0 Å². The van der Waals surface area contributed by atoms with Crippen LogP contribution in [0.25, 0.3) is 33.3 Å². The fourth-order valence-electron chi connectivity index (χ4n) is 4.94. The van der Waals surface area contributed by atoms with Crippen molar-refractivity contribution < 1.29 is 4.79 Å². The van der Waals surface area contributed by atoms with Crippen molar-refractivity contribution >= 4 is 44.2 Å². The largest absolute Gasteiger partial charge is 0.328 e. The highest BCUT2D eigenvalue weighted by atomic mass is 32.1. The van der Waals surface area contributed by atoms with Gasteiger partial charge < -0.3 is 9.88 Å². The van der Waals surface area contributed by atoms with Crippen LogP contribution in [0.1, 0.15) is 23.1 Å². The third-order valence-corrected chi connectivity index (χ3v) is 7.44. The van der Waals surface area contributed by atoms with Crippen molar-refractivity contribution in [2.45, 2.75) is 39.8 Å². The van der Waals surface area contributed by atoms with Crippen molar-refractivity contribution in [1.82, 2.24) is 19.1 Å². The second-order valence-corrected chi connectivity index (χ2v) is 9.72. The summed E-state index contributed by atoms with van der Waals surface area (Å²) in [6.45, 7) is 4.75. The number of rotatable bonds is 4. The summed E-state index contributed by atoms with van der Waals surface area (Å²) in [5.41, 5.74) is 4.56. The van der Waals surface area contributed by atoms with E-state index >= 15 is 0 Å². The van der Waals surface area contributed by atoms with Crippen molar-refractivity contribution in [3.8, 4) is 11.5 Å². The maximum absolute atomic E-state index is 13.3. The Labute approximate surface area is 199 Å². The van der Waals surface area contributed by atoms with E-state index in [1.54, 1.807) is 4.57 Å². The van der Waals surface area contributed by atoms with Gasteiger partial charge in [0.05, 0.1) is 22.3 Å². The van der Waals surface area contributed by atoms with Gasteiger partial charge in [0.15, 0.2) is 11.0 Å². The Morgan fingerprint density at radius 3 is 2.65 bits per heavy atom. The fourth-order valence-corrected chi connectivity index (χ4v) is 5.86. The van der Waals surface area contributed by atoms with Crippen LogP contribution < -0.4 is 10.9 Å². The molecule has 0 atom stereocenters. The molecule has 1 aliphatic heterocycles. The van der Waals surface area contributed by atoms with Gasteiger partial charge in [-0.3, -0.25) is 14.2 Å². The standard InChI is InChI=1S/C26H23N5O2S/c1-3-19-15(2)34-26(28-19)29-22(32)14-31-21-11-7-5-8-16(21)17-12-13-30-24(23(17)31)27-20-10-6-4-9-18(20)25(30)33/h4-11H,3,12-14H2,1-2H3,(H,28,29,32). The normalized spacial score (nSPS) is 12.6. The number of benzene rings is 2. The van der Waals surface area contributed by atoms with Gasteiger partial charge in [-0.05, 0) is 43.5 Å². The maximum Gasteiger partial charge on any atom is 0.261 e. The molecule has 0 aliphatic carbocycles. The summed E-state index contributed by atoms with van der Waals surface area (Å²) in [7, 11) is 0. The topological polar surface area (TPSA) is 81.8 Å². The van der Waals surface area contributed by atoms with Crippen LogP contribution in [0.5, 0.6) is 0 Å². The van der Waals surface area contributed by atoms with E-state index in [4.69, 9.17) is 4.98 Å². The summed E-state index contributed by atoms with van der Waals surface area (Å²) < 4.78 is 3.74. The minimum atomic E-state index is -0.153. The highest BCUT2D eigenvalue weighted by Crippen LogP contribution is 2.36. The molecular formula is C26H23N5O2S. The molecule has 5 aromatic rings. The highest BCUT2D eigenvalue weighted by molar-refractivity contribution is 7.15. The van der Waals surface area contributed by atoms with Crippen molar-refractivity contribution in [2.75, 3.05) is 5.32 Å². The smallest absolute Gasteiger partial charge is 0.261 e. The Bertz CT molecular complexity index is 1660. The van der Waals surface area contributed by atoms with E-state index in [1.165, 1.54) is 11.3 Å². The SMILES string of the molecule is CCc1nc(NC(=O)Cn2c3c(c4ccccc42)CCn2c-3nc3ccccc3c2=O)sc1C. The molecule has 8 heteroatoms. The van der Waals surface area contributed by atoms with Crippen molar-refractivity contribution in [3.05, 3.63) is 75.0 Å². The summed E-state index contributed by atoms with van der Waals surface area (Å²) >= 11 is 1.49. The van der Waals surface area contributed by atoms with Crippen LogP contribution in [-0.4, -0.2) is 25.0 Å². The van der Waals surface area contributed by atoms with Crippen LogP contribution in [0.3, 0.4) is 0 Å². The van der Waals surface area contributed by atoms with E-state index in [0.29, 0.717) is 34.8 Å². The van der Waals surface area contributed by atoms with Crippen LogP contribution in [0.2, 0.25) is 0 Å². The van der Waals surface area contributed by atoms with Gasteiger partial charge in [0, 0.05) is 22.3 Å². The number of anilines is 1. The molecule has 0 unspecified atom stereocenters. The number of carbonyl (C=O) groups is 1. The van der Waals surface area contributed by atoms with Crippen LogP contribution in [-0.2, 0) is 30.7 Å². The van der Waals surface area contributed by atoms with Crippen LogP contribution in [0.4, 0.5) is 5.13 Å². The number of aromatic nitrogens is 4. The van der Waals surface area contributed by atoms with Gasteiger partial charge in [-0.15, -0.1) is 11.3 Å². The number of hydrogen-bond acceptors (Lipinski definition) is 5. The van der Waals surface area contributed by atoms with Gasteiger partial charge in [-0.25, -0.2) is 9.97 Å². The first-order valence-corrected chi connectivity index (χ1v) is 12.2. The van der Waals surface area contributed by atoms with Gasteiger partial charge in [0.25, 0.3) is 5.56 Å². The number of hydrogen-bond donors (Lipinski definition) is 1. The Hall–Kier alpha value is -3.78. The quantitative estimate of drug-likeness (QED) is 0.419. The van der Waals surface area contributed by atoms with Gasteiger partial charge in [-0.1, -0.05) is 37.3 Å². The highest BCUT2D eigenvalue weighted by Gasteiger charge is 2.28. The lowest BCUT2D eigenvalue weighted by Crippen LogP contribution is -2.29. The Balaban J connectivity index is 1.49. The predicted octanol–water partition coefficient (Wildman–Crippen LogP) is 4.54. The molecule has 1 N–H and O–H groups in total. The van der Waals surface area contributed by atoms with Gasteiger partial charge in [0.1, 0.15) is 6.54 Å². The molecule has 7 nitrogen and oxygen atoms in total.